The van der Waals surface area contributed by atoms with Crippen molar-refractivity contribution in [1.29, 1.82) is 0 Å². The molecule has 3 aromatic rings. The fraction of sp³-hybridized carbons (Fsp3) is 0.214. The van der Waals surface area contributed by atoms with Gasteiger partial charge in [-0.3, -0.25) is 9.69 Å². The van der Waals surface area contributed by atoms with E-state index in [2.05, 4.69) is 10.6 Å². The van der Waals surface area contributed by atoms with Crippen molar-refractivity contribution in [3.63, 3.8) is 0 Å². The lowest BCUT2D eigenvalue weighted by Crippen LogP contribution is -2.24. The molecule has 1 aromatic heterocycles. The van der Waals surface area contributed by atoms with E-state index in [9.17, 15) is 9.59 Å². The molecule has 35 heavy (non-hydrogen) atoms. The SMILES string of the molecule is COC(=O)C1=C(C)N(c2cccc(Cl)c2)C(=O)/C1=C\c1cc(C)n(-c2cc(C)ccc2OC)c1C. The minimum atomic E-state index is -0.569. The Morgan fingerprint density at radius 2 is 1.74 bits per heavy atom. The van der Waals surface area contributed by atoms with Gasteiger partial charge in [0.15, 0.2) is 0 Å². The number of methoxy groups -OCH3 is 2. The van der Waals surface area contributed by atoms with Gasteiger partial charge in [0.1, 0.15) is 5.75 Å². The maximum absolute atomic E-state index is 13.6. The van der Waals surface area contributed by atoms with E-state index in [1.54, 1.807) is 44.4 Å². The highest BCUT2D eigenvalue weighted by Crippen LogP contribution is 2.37. The first-order chi connectivity index (χ1) is 16.7. The highest BCUT2D eigenvalue weighted by molar-refractivity contribution is 6.31. The minimum Gasteiger partial charge on any atom is -0.495 e. The van der Waals surface area contributed by atoms with Crippen LogP contribution in [-0.4, -0.2) is 30.7 Å². The van der Waals surface area contributed by atoms with Gasteiger partial charge in [-0.15, -0.1) is 0 Å². The van der Waals surface area contributed by atoms with Crippen LogP contribution in [0.5, 0.6) is 5.75 Å². The highest BCUT2D eigenvalue weighted by atomic mass is 35.5. The molecule has 180 valence electrons. The third-order valence-electron chi connectivity index (χ3n) is 6.20. The van der Waals surface area contributed by atoms with Crippen LogP contribution < -0.4 is 9.64 Å². The fourth-order valence-corrected chi connectivity index (χ4v) is 4.73. The molecule has 0 spiro atoms. The molecule has 1 aliphatic heterocycles. The minimum absolute atomic E-state index is 0.232. The van der Waals surface area contributed by atoms with Crippen molar-refractivity contribution in [3.05, 3.63) is 92.9 Å². The summed E-state index contributed by atoms with van der Waals surface area (Å²) in [6.45, 7) is 7.72. The van der Waals surface area contributed by atoms with E-state index in [0.29, 0.717) is 16.4 Å². The van der Waals surface area contributed by atoms with Crippen LogP contribution in [0.15, 0.2) is 65.4 Å². The Balaban J connectivity index is 1.88. The van der Waals surface area contributed by atoms with Gasteiger partial charge in [0.2, 0.25) is 0 Å². The average molecular weight is 491 g/mol. The van der Waals surface area contributed by atoms with Crippen LogP contribution in [-0.2, 0) is 14.3 Å². The maximum Gasteiger partial charge on any atom is 0.340 e. The standard InChI is InChI=1S/C28H27ClN2O4/c1-16-10-11-25(34-5)24(12-16)30-17(2)13-20(18(30)3)14-23-26(28(33)35-6)19(4)31(27(23)32)22-9-7-8-21(29)15-22/h7-15H,1-6H3/b23-14-. The van der Waals surface area contributed by atoms with Crippen molar-refractivity contribution in [2.24, 2.45) is 0 Å². The molecule has 1 amide bonds. The fourth-order valence-electron chi connectivity index (χ4n) is 4.54. The number of nitrogens with zero attached hydrogens (tertiary/aromatic N) is 2. The highest BCUT2D eigenvalue weighted by Gasteiger charge is 2.38. The van der Waals surface area contributed by atoms with Crippen LogP contribution in [0.3, 0.4) is 0 Å². The van der Waals surface area contributed by atoms with Crippen molar-refractivity contribution < 1.29 is 19.1 Å². The summed E-state index contributed by atoms with van der Waals surface area (Å²) in [5, 5.41) is 0.496. The van der Waals surface area contributed by atoms with Crippen molar-refractivity contribution in [1.82, 2.24) is 4.57 Å². The Hall–Kier alpha value is -3.77. The normalized spacial score (nSPS) is 14.8. The van der Waals surface area contributed by atoms with E-state index < -0.39 is 5.97 Å². The Morgan fingerprint density at radius 3 is 2.40 bits per heavy atom. The number of amides is 1. The Morgan fingerprint density at radius 1 is 1.00 bits per heavy atom. The molecule has 6 nitrogen and oxygen atoms in total. The average Bonchev–Trinajstić information content (AvgIpc) is 3.24. The number of carbonyl (C=O) groups is 2. The van der Waals surface area contributed by atoms with Crippen LogP contribution in [0, 0.1) is 20.8 Å². The summed E-state index contributed by atoms with van der Waals surface area (Å²) in [5.41, 5.74) is 6.28. The van der Waals surface area contributed by atoms with E-state index in [-0.39, 0.29) is 17.1 Å². The zero-order chi connectivity index (χ0) is 25.4. The smallest absolute Gasteiger partial charge is 0.340 e. The third kappa shape index (κ3) is 4.26. The van der Waals surface area contributed by atoms with Gasteiger partial charge in [-0.2, -0.15) is 0 Å². The van der Waals surface area contributed by atoms with Crippen LogP contribution in [0.2, 0.25) is 5.02 Å². The molecule has 4 rings (SSSR count). The molecule has 1 aliphatic rings. The number of allylic oxidation sites excluding steroid dienone is 1. The molecule has 0 saturated heterocycles. The Bertz CT molecular complexity index is 1410. The first kappa shape index (κ1) is 24.4. The molecule has 0 radical (unpaired) electrons. The number of carbonyl (C=O) groups excluding carboxylic acids is 2. The predicted octanol–water partition coefficient (Wildman–Crippen LogP) is 5.94. The molecular formula is C28H27ClN2O4. The van der Waals surface area contributed by atoms with Gasteiger partial charge in [0, 0.05) is 22.1 Å². The second-order valence-electron chi connectivity index (χ2n) is 8.47. The van der Waals surface area contributed by atoms with E-state index >= 15 is 0 Å². The molecule has 0 unspecified atom stereocenters. The van der Waals surface area contributed by atoms with E-state index in [4.69, 9.17) is 21.1 Å². The van der Waals surface area contributed by atoms with Crippen LogP contribution in [0.4, 0.5) is 5.69 Å². The molecule has 0 bridgehead atoms. The lowest BCUT2D eigenvalue weighted by molar-refractivity contribution is -0.136. The number of esters is 1. The topological polar surface area (TPSA) is 60.8 Å². The largest absolute Gasteiger partial charge is 0.495 e. The number of halogens is 1. The summed E-state index contributed by atoms with van der Waals surface area (Å²) in [6, 6.07) is 14.9. The number of hydrogen-bond acceptors (Lipinski definition) is 4. The van der Waals surface area contributed by atoms with Gasteiger partial charge in [-0.25, -0.2) is 4.79 Å². The van der Waals surface area contributed by atoms with Crippen molar-refractivity contribution in [3.8, 4) is 11.4 Å². The van der Waals surface area contributed by atoms with Crippen LogP contribution in [0.25, 0.3) is 11.8 Å². The monoisotopic (exact) mass is 490 g/mol. The van der Waals surface area contributed by atoms with Gasteiger partial charge < -0.3 is 14.0 Å². The van der Waals surface area contributed by atoms with Gasteiger partial charge in [-0.1, -0.05) is 23.7 Å². The van der Waals surface area contributed by atoms with Crippen molar-refractivity contribution in [2.75, 3.05) is 19.1 Å². The number of ether oxygens (including phenoxy) is 2. The first-order valence-electron chi connectivity index (χ1n) is 11.1. The molecule has 2 aromatic carbocycles. The lowest BCUT2D eigenvalue weighted by atomic mass is 10.0. The van der Waals surface area contributed by atoms with Crippen molar-refractivity contribution >= 4 is 35.2 Å². The van der Waals surface area contributed by atoms with Gasteiger partial charge in [-0.05, 0) is 81.3 Å². The quantitative estimate of drug-likeness (QED) is 0.328. The van der Waals surface area contributed by atoms with Crippen LogP contribution >= 0.6 is 11.6 Å². The summed E-state index contributed by atoms with van der Waals surface area (Å²) in [6.07, 6.45) is 1.75. The second-order valence-corrected chi connectivity index (χ2v) is 8.90. The van der Waals surface area contributed by atoms with Gasteiger partial charge in [0.05, 0.1) is 36.7 Å². The van der Waals surface area contributed by atoms with E-state index in [1.807, 2.05) is 39.0 Å². The third-order valence-corrected chi connectivity index (χ3v) is 6.44. The maximum atomic E-state index is 13.6. The molecule has 0 N–H and O–H groups in total. The first-order valence-corrected chi connectivity index (χ1v) is 11.5. The second kappa shape index (κ2) is 9.47. The molecule has 7 heteroatoms. The number of rotatable bonds is 5. The van der Waals surface area contributed by atoms with Crippen LogP contribution in [0.1, 0.15) is 29.4 Å². The molecule has 0 aliphatic carbocycles. The zero-order valence-electron chi connectivity index (χ0n) is 20.6. The number of aryl methyl sites for hydroxylation is 2. The Labute approximate surface area is 210 Å². The summed E-state index contributed by atoms with van der Waals surface area (Å²) < 4.78 is 12.7. The van der Waals surface area contributed by atoms with E-state index in [1.165, 1.54) is 12.0 Å². The zero-order valence-corrected chi connectivity index (χ0v) is 21.4. The number of benzene rings is 2. The molecule has 0 fully saturated rings. The molecule has 2 heterocycles. The molecular weight excluding hydrogens is 464 g/mol. The molecule has 0 saturated carbocycles. The van der Waals surface area contributed by atoms with Gasteiger partial charge in [0.25, 0.3) is 5.91 Å². The summed E-state index contributed by atoms with van der Waals surface area (Å²) in [5.74, 6) is -0.143. The lowest BCUT2D eigenvalue weighted by Gasteiger charge is -2.18. The summed E-state index contributed by atoms with van der Waals surface area (Å²) >= 11 is 6.17. The summed E-state index contributed by atoms with van der Waals surface area (Å²) in [7, 11) is 2.95. The predicted molar refractivity (Wildman–Crippen MR) is 138 cm³/mol. The number of hydrogen-bond donors (Lipinski definition) is 0. The van der Waals surface area contributed by atoms with Crippen molar-refractivity contribution in [2.45, 2.75) is 27.7 Å². The number of aromatic nitrogens is 1. The number of anilines is 1. The van der Waals surface area contributed by atoms with E-state index in [0.717, 1.165) is 34.0 Å². The Kier molecular flexibility index (Phi) is 6.59. The van der Waals surface area contributed by atoms with Gasteiger partial charge >= 0.3 is 5.97 Å². The molecule has 0 atom stereocenters. The summed E-state index contributed by atoms with van der Waals surface area (Å²) in [4.78, 5) is 27.9.